The van der Waals surface area contributed by atoms with E-state index in [0.29, 0.717) is 42.5 Å². The van der Waals surface area contributed by atoms with Crippen molar-refractivity contribution in [3.8, 4) is 0 Å². The smallest absolute Gasteiger partial charge is 0.255 e. The number of ether oxygens (including phenoxy) is 1. The molecule has 44 heavy (non-hydrogen) atoms. The highest BCUT2D eigenvalue weighted by atomic mass is 16.5. The van der Waals surface area contributed by atoms with Crippen molar-refractivity contribution in [2.45, 2.75) is 26.8 Å². The number of morpholine rings is 1. The van der Waals surface area contributed by atoms with Crippen LogP contribution < -0.4 is 21.0 Å². The van der Waals surface area contributed by atoms with E-state index < -0.39 is 0 Å². The monoisotopic (exact) mass is 591 g/mol. The van der Waals surface area contributed by atoms with Crippen LogP contribution in [0.5, 0.6) is 0 Å². The summed E-state index contributed by atoms with van der Waals surface area (Å²) >= 11 is 0. The summed E-state index contributed by atoms with van der Waals surface area (Å²) in [5.41, 5.74) is 9.73. The molecule has 10 heteroatoms. The Labute approximate surface area is 257 Å². The van der Waals surface area contributed by atoms with Crippen LogP contribution in [0.2, 0.25) is 0 Å². The number of amides is 2. The summed E-state index contributed by atoms with van der Waals surface area (Å²) in [5.74, 6) is -0.0741. The van der Waals surface area contributed by atoms with Gasteiger partial charge in [0.25, 0.3) is 5.91 Å². The van der Waals surface area contributed by atoms with E-state index >= 15 is 0 Å². The maximum absolute atomic E-state index is 13.3. The van der Waals surface area contributed by atoms with Crippen molar-refractivity contribution in [3.05, 3.63) is 101 Å². The largest absolute Gasteiger partial charge is 0.378 e. The number of rotatable bonds is 7. The van der Waals surface area contributed by atoms with Gasteiger partial charge in [-0.1, -0.05) is 42.5 Å². The molecule has 0 bridgehead atoms. The van der Waals surface area contributed by atoms with Crippen molar-refractivity contribution >= 4 is 41.1 Å². The molecule has 0 aliphatic carbocycles. The Kier molecular flexibility index (Phi) is 8.42. The molecule has 0 saturated carbocycles. The minimum absolute atomic E-state index is 0.0412. The number of carbonyl (C=O) groups is 2. The van der Waals surface area contributed by atoms with Gasteiger partial charge in [-0.25, -0.2) is 9.98 Å². The van der Waals surface area contributed by atoms with Gasteiger partial charge >= 0.3 is 0 Å². The molecule has 1 fully saturated rings. The molecule has 2 amide bonds. The van der Waals surface area contributed by atoms with Crippen LogP contribution in [0.25, 0.3) is 0 Å². The molecule has 3 N–H and O–H groups in total. The SMILES string of the molecule is CC1=C2C(=Nc3cc(NC(=O)c4cccc(N5CCOCC5)c4)ccc3C)N=CNN2CC1C(=O)N[C@@H](C)c1ccccc1. The second kappa shape index (κ2) is 12.7. The molecule has 3 aromatic rings. The van der Waals surface area contributed by atoms with E-state index in [4.69, 9.17) is 9.73 Å². The lowest BCUT2D eigenvalue weighted by molar-refractivity contribution is -0.124. The second-order valence-electron chi connectivity index (χ2n) is 11.3. The number of nitrogens with one attached hydrogen (secondary N) is 3. The summed E-state index contributed by atoms with van der Waals surface area (Å²) in [6.07, 6.45) is 1.59. The number of aliphatic imine (C=N–C) groups is 2. The lowest BCUT2D eigenvalue weighted by atomic mass is 10.00. The van der Waals surface area contributed by atoms with Crippen LogP contribution >= 0.6 is 0 Å². The molecular weight excluding hydrogens is 554 g/mol. The fourth-order valence-electron chi connectivity index (χ4n) is 5.71. The lowest BCUT2D eigenvalue weighted by Gasteiger charge is -2.29. The van der Waals surface area contributed by atoms with Gasteiger partial charge in [0, 0.05) is 30.0 Å². The van der Waals surface area contributed by atoms with E-state index in [2.05, 4.69) is 26.0 Å². The average molecular weight is 592 g/mol. The third-order valence-corrected chi connectivity index (χ3v) is 8.30. The third-order valence-electron chi connectivity index (χ3n) is 8.30. The highest BCUT2D eigenvalue weighted by Gasteiger charge is 2.37. The zero-order valence-corrected chi connectivity index (χ0v) is 25.2. The van der Waals surface area contributed by atoms with E-state index in [1.54, 1.807) is 6.34 Å². The predicted molar refractivity (Wildman–Crippen MR) is 173 cm³/mol. The van der Waals surface area contributed by atoms with E-state index in [9.17, 15) is 9.59 Å². The number of aryl methyl sites for hydroxylation is 1. The van der Waals surface area contributed by atoms with Crippen molar-refractivity contribution in [3.63, 3.8) is 0 Å². The minimum atomic E-state index is -0.351. The predicted octanol–water partition coefficient (Wildman–Crippen LogP) is 4.74. The molecule has 0 radical (unpaired) electrons. The molecule has 3 aliphatic heterocycles. The molecule has 6 rings (SSSR count). The number of anilines is 2. The molecule has 10 nitrogen and oxygen atoms in total. The Hall–Kier alpha value is -4.96. The number of benzene rings is 3. The van der Waals surface area contributed by atoms with Gasteiger partial charge in [-0.2, -0.15) is 0 Å². The van der Waals surface area contributed by atoms with Crippen molar-refractivity contribution in [1.82, 2.24) is 15.8 Å². The maximum atomic E-state index is 13.3. The van der Waals surface area contributed by atoms with Gasteiger partial charge in [-0.3, -0.25) is 20.0 Å². The van der Waals surface area contributed by atoms with Gasteiger partial charge in [0.05, 0.1) is 37.4 Å². The first-order valence-corrected chi connectivity index (χ1v) is 14.9. The molecule has 2 atom stereocenters. The number of nitrogens with zero attached hydrogens (tertiary/aromatic N) is 4. The molecule has 226 valence electrons. The first-order valence-electron chi connectivity index (χ1n) is 14.9. The van der Waals surface area contributed by atoms with Crippen LogP contribution in [0, 0.1) is 12.8 Å². The van der Waals surface area contributed by atoms with Crippen LogP contribution in [0.1, 0.15) is 41.4 Å². The molecule has 1 unspecified atom stereocenters. The Morgan fingerprint density at radius 3 is 2.61 bits per heavy atom. The first kappa shape index (κ1) is 29.1. The number of amidine groups is 1. The first-order chi connectivity index (χ1) is 21.4. The highest BCUT2D eigenvalue weighted by molar-refractivity contribution is 6.07. The van der Waals surface area contributed by atoms with Crippen LogP contribution in [0.3, 0.4) is 0 Å². The average Bonchev–Trinajstić information content (AvgIpc) is 3.40. The second-order valence-corrected chi connectivity index (χ2v) is 11.3. The summed E-state index contributed by atoms with van der Waals surface area (Å²) in [6, 6.07) is 23.1. The molecule has 3 heterocycles. The van der Waals surface area contributed by atoms with E-state index in [-0.39, 0.29) is 23.8 Å². The van der Waals surface area contributed by atoms with Gasteiger partial charge in [-0.15, -0.1) is 0 Å². The van der Waals surface area contributed by atoms with Gasteiger partial charge in [0.15, 0.2) is 5.84 Å². The summed E-state index contributed by atoms with van der Waals surface area (Å²) in [6.45, 7) is 9.35. The molecule has 1 saturated heterocycles. The van der Waals surface area contributed by atoms with Gasteiger partial charge < -0.3 is 20.3 Å². The van der Waals surface area contributed by atoms with Crippen molar-refractivity contribution in [2.75, 3.05) is 43.1 Å². The molecule has 3 aliphatic rings. The maximum Gasteiger partial charge on any atom is 0.255 e. The van der Waals surface area contributed by atoms with Crippen LogP contribution in [-0.4, -0.2) is 61.8 Å². The molecule has 3 aromatic carbocycles. The summed E-state index contributed by atoms with van der Waals surface area (Å²) in [4.78, 5) is 38.2. The van der Waals surface area contributed by atoms with Gasteiger partial charge in [-0.05, 0) is 67.8 Å². The van der Waals surface area contributed by atoms with Crippen molar-refractivity contribution in [1.29, 1.82) is 0 Å². The summed E-state index contributed by atoms with van der Waals surface area (Å²) in [5, 5.41) is 8.10. The quantitative estimate of drug-likeness (QED) is 0.366. The van der Waals surface area contributed by atoms with Crippen LogP contribution in [0.15, 0.2) is 94.1 Å². The number of carbonyl (C=O) groups excluding carboxylic acids is 2. The topological polar surface area (TPSA) is 111 Å². The lowest BCUT2D eigenvalue weighted by Crippen LogP contribution is -2.42. The standard InChI is InChI=1S/C34H37N7O3/c1-22-12-13-27(38-33(42)26-10-7-11-28(18-26)40-14-16-44-17-15-40)19-30(22)39-32-31-23(2)29(20-41(31)36-21-35-32)34(43)37-24(3)25-8-5-4-6-9-25/h4-13,18-19,21,24,29H,14-17,20H2,1-3H3,(H,37,43)(H,38,42)(H,35,36,39)/t24-,29?/m0/s1. The third kappa shape index (κ3) is 6.21. The zero-order chi connectivity index (χ0) is 30.6. The Bertz CT molecular complexity index is 1640. The Morgan fingerprint density at radius 2 is 1.82 bits per heavy atom. The van der Waals surface area contributed by atoms with Crippen LogP contribution in [-0.2, 0) is 9.53 Å². The van der Waals surface area contributed by atoms with E-state index in [1.807, 2.05) is 98.6 Å². The van der Waals surface area contributed by atoms with Gasteiger partial charge in [0.1, 0.15) is 12.0 Å². The van der Waals surface area contributed by atoms with E-state index in [1.165, 1.54) is 0 Å². The molecule has 0 spiro atoms. The minimum Gasteiger partial charge on any atom is -0.378 e. The fourth-order valence-corrected chi connectivity index (χ4v) is 5.71. The summed E-state index contributed by atoms with van der Waals surface area (Å²) < 4.78 is 5.46. The fraction of sp³-hybridized carbons (Fsp3) is 0.294. The number of fused-ring (bicyclic) bond motifs is 1. The van der Waals surface area contributed by atoms with Gasteiger partial charge in [0.2, 0.25) is 5.91 Å². The Balaban J connectivity index is 1.20. The molecule has 0 aromatic heterocycles. The van der Waals surface area contributed by atoms with Crippen LogP contribution in [0.4, 0.5) is 17.1 Å². The number of hydrazine groups is 1. The van der Waals surface area contributed by atoms with E-state index in [0.717, 1.165) is 41.2 Å². The summed E-state index contributed by atoms with van der Waals surface area (Å²) in [7, 11) is 0. The Morgan fingerprint density at radius 1 is 1.02 bits per heavy atom. The number of hydrogen-bond donors (Lipinski definition) is 3. The molecular formula is C34H37N7O3. The normalized spacial score (nSPS) is 19.4. The van der Waals surface area contributed by atoms with Crippen molar-refractivity contribution in [2.24, 2.45) is 15.9 Å². The highest BCUT2D eigenvalue weighted by Crippen LogP contribution is 2.32. The zero-order valence-electron chi connectivity index (χ0n) is 25.2. The van der Waals surface area contributed by atoms with Crippen molar-refractivity contribution < 1.29 is 14.3 Å². The number of hydrogen-bond acceptors (Lipinski definition) is 7.